The lowest BCUT2D eigenvalue weighted by Gasteiger charge is -2.47. The number of hydrogen-bond donors (Lipinski definition) is 2. The van der Waals surface area contributed by atoms with Crippen molar-refractivity contribution in [1.29, 1.82) is 0 Å². The number of primary amides is 1. The first kappa shape index (κ1) is 21.3. The highest BCUT2D eigenvalue weighted by atomic mass is 32.2. The van der Waals surface area contributed by atoms with Crippen molar-refractivity contribution in [3.8, 4) is 0 Å². The molecule has 1 aromatic rings. The number of imide groups is 1. The van der Waals surface area contributed by atoms with Gasteiger partial charge in [0.05, 0.1) is 5.75 Å². The van der Waals surface area contributed by atoms with Crippen molar-refractivity contribution < 1.29 is 19.2 Å². The number of amides is 4. The second-order valence-corrected chi connectivity index (χ2v) is 8.29. The molecule has 0 unspecified atom stereocenters. The maximum absolute atomic E-state index is 13.0. The molecule has 0 bridgehead atoms. The number of nitrogens with zero attached hydrogens (tertiary/aromatic N) is 4. The summed E-state index contributed by atoms with van der Waals surface area (Å²) in [4.78, 5) is 50.0. The summed E-state index contributed by atoms with van der Waals surface area (Å²) in [6, 6.07) is 0. The van der Waals surface area contributed by atoms with Crippen LogP contribution in [0.3, 0.4) is 0 Å². The molecule has 4 amide bonds. The predicted molar refractivity (Wildman–Crippen MR) is 105 cm³/mol. The average molecular weight is 423 g/mol. The first-order chi connectivity index (χ1) is 13.9. The number of aryl methyl sites for hydroxylation is 1. The third-order valence-corrected chi connectivity index (χ3v) is 6.46. The summed E-state index contributed by atoms with van der Waals surface area (Å²) in [6.45, 7) is 2.41. The van der Waals surface area contributed by atoms with Crippen molar-refractivity contribution in [1.82, 2.24) is 25.0 Å². The van der Waals surface area contributed by atoms with Gasteiger partial charge in [-0.15, -0.1) is 10.2 Å². The number of nitrogens with two attached hydrogens (primary N) is 1. The van der Waals surface area contributed by atoms with Gasteiger partial charge in [0.25, 0.3) is 5.91 Å². The summed E-state index contributed by atoms with van der Waals surface area (Å²) in [7, 11) is 0. The van der Waals surface area contributed by atoms with Crippen LogP contribution in [0.2, 0.25) is 0 Å². The van der Waals surface area contributed by atoms with Gasteiger partial charge in [-0.1, -0.05) is 31.0 Å². The highest BCUT2D eigenvalue weighted by Gasteiger charge is 2.50. The molecule has 0 aromatic carbocycles. The smallest absolute Gasteiger partial charge is 0.252 e. The minimum absolute atomic E-state index is 0.0518. The van der Waals surface area contributed by atoms with Gasteiger partial charge >= 0.3 is 0 Å². The molecule has 11 heteroatoms. The Morgan fingerprint density at radius 1 is 1.21 bits per heavy atom. The monoisotopic (exact) mass is 422 g/mol. The van der Waals surface area contributed by atoms with Crippen molar-refractivity contribution in [2.45, 2.75) is 69.1 Å². The summed E-state index contributed by atoms with van der Waals surface area (Å²) in [5.74, 6) is -0.795. The van der Waals surface area contributed by atoms with E-state index >= 15 is 0 Å². The van der Waals surface area contributed by atoms with Crippen LogP contribution < -0.4 is 11.1 Å². The third-order valence-electron chi connectivity index (χ3n) is 5.51. The summed E-state index contributed by atoms with van der Waals surface area (Å²) in [5, 5.41) is 11.2. The number of carbonyl (C=O) groups is 4. The lowest BCUT2D eigenvalue weighted by atomic mass is 9.78. The zero-order valence-electron chi connectivity index (χ0n) is 16.5. The van der Waals surface area contributed by atoms with Crippen LogP contribution in [-0.2, 0) is 32.1 Å². The van der Waals surface area contributed by atoms with Gasteiger partial charge < -0.3 is 15.2 Å². The maximum Gasteiger partial charge on any atom is 0.252 e. The molecular weight excluding hydrogens is 396 g/mol. The molecular formula is C18H26N6O4S. The molecule has 3 rings (SSSR count). The van der Waals surface area contributed by atoms with Gasteiger partial charge in [-0.25, -0.2) is 0 Å². The number of nitrogens with one attached hydrogen (secondary N) is 1. The normalized spacial score (nSPS) is 18.7. The number of hydrogen-bond acceptors (Lipinski definition) is 7. The Hall–Kier alpha value is -2.43. The van der Waals surface area contributed by atoms with Crippen LogP contribution in [0.1, 0.15) is 51.3 Å². The lowest BCUT2D eigenvalue weighted by molar-refractivity contribution is -0.158. The van der Waals surface area contributed by atoms with E-state index in [2.05, 4.69) is 15.5 Å². The van der Waals surface area contributed by atoms with Crippen LogP contribution in [0, 0.1) is 0 Å². The Bertz CT molecular complexity index is 817. The van der Waals surface area contributed by atoms with E-state index in [1.807, 2.05) is 11.5 Å². The van der Waals surface area contributed by atoms with Crippen molar-refractivity contribution in [2.24, 2.45) is 5.73 Å². The number of thioether (sulfide) groups is 1. The summed E-state index contributed by atoms with van der Waals surface area (Å²) >= 11 is 1.22. The minimum Gasteiger partial charge on any atom is -0.370 e. The highest BCUT2D eigenvalue weighted by molar-refractivity contribution is 7.99. The molecule has 10 nitrogen and oxygen atoms in total. The first-order valence-corrected chi connectivity index (χ1v) is 10.8. The van der Waals surface area contributed by atoms with E-state index < -0.39 is 17.4 Å². The van der Waals surface area contributed by atoms with E-state index in [-0.39, 0.29) is 30.5 Å². The maximum atomic E-state index is 13.0. The Labute approximate surface area is 173 Å². The molecule has 2 heterocycles. The van der Waals surface area contributed by atoms with Gasteiger partial charge in [0.2, 0.25) is 17.7 Å². The van der Waals surface area contributed by atoms with Crippen molar-refractivity contribution in [3.05, 3.63) is 5.82 Å². The van der Waals surface area contributed by atoms with Crippen LogP contribution in [0.25, 0.3) is 0 Å². The van der Waals surface area contributed by atoms with E-state index in [4.69, 9.17) is 5.73 Å². The topological polar surface area (TPSA) is 140 Å². The quantitative estimate of drug-likeness (QED) is 0.465. The zero-order valence-corrected chi connectivity index (χ0v) is 17.3. The highest BCUT2D eigenvalue weighted by Crippen LogP contribution is 2.36. The molecule has 1 saturated carbocycles. The molecule has 2 aliphatic rings. The molecule has 0 atom stereocenters. The van der Waals surface area contributed by atoms with E-state index in [1.54, 1.807) is 0 Å². The predicted octanol–water partition coefficient (Wildman–Crippen LogP) is -0.00410. The molecule has 29 heavy (non-hydrogen) atoms. The van der Waals surface area contributed by atoms with E-state index in [0.29, 0.717) is 36.8 Å². The van der Waals surface area contributed by atoms with E-state index in [0.717, 1.165) is 19.3 Å². The van der Waals surface area contributed by atoms with Crippen LogP contribution in [-0.4, -0.2) is 61.1 Å². The van der Waals surface area contributed by atoms with Gasteiger partial charge in [-0.3, -0.25) is 24.5 Å². The molecule has 158 valence electrons. The van der Waals surface area contributed by atoms with Gasteiger partial charge in [-0.2, -0.15) is 0 Å². The van der Waals surface area contributed by atoms with Crippen LogP contribution in [0.15, 0.2) is 5.16 Å². The minimum atomic E-state index is -0.922. The van der Waals surface area contributed by atoms with Gasteiger partial charge in [-0.05, 0) is 19.8 Å². The van der Waals surface area contributed by atoms with Gasteiger partial charge in [0.15, 0.2) is 5.16 Å². The third kappa shape index (κ3) is 4.44. The molecule has 1 saturated heterocycles. The van der Waals surface area contributed by atoms with Crippen LogP contribution >= 0.6 is 11.8 Å². The molecule has 1 aliphatic carbocycles. The number of rotatable bonds is 7. The fourth-order valence-electron chi connectivity index (χ4n) is 4.03. The Morgan fingerprint density at radius 3 is 2.59 bits per heavy atom. The number of piperazine rings is 1. The van der Waals surface area contributed by atoms with Crippen LogP contribution in [0.5, 0.6) is 0 Å². The largest absolute Gasteiger partial charge is 0.370 e. The SMILES string of the molecule is CCn1c(CCC(N)=O)nnc1SCC(=O)N1CC(=O)NC(=O)C12CCCCC2. The van der Waals surface area contributed by atoms with Crippen molar-refractivity contribution >= 4 is 35.4 Å². The Kier molecular flexibility index (Phi) is 6.56. The van der Waals surface area contributed by atoms with E-state index in [9.17, 15) is 19.2 Å². The molecule has 1 spiro atoms. The Morgan fingerprint density at radius 2 is 1.93 bits per heavy atom. The van der Waals surface area contributed by atoms with Crippen molar-refractivity contribution in [2.75, 3.05) is 12.3 Å². The molecule has 3 N–H and O–H groups in total. The first-order valence-electron chi connectivity index (χ1n) is 9.85. The summed E-state index contributed by atoms with van der Waals surface area (Å²) < 4.78 is 1.84. The molecule has 0 radical (unpaired) electrons. The second kappa shape index (κ2) is 8.93. The Balaban J connectivity index is 1.71. The molecule has 1 aromatic heterocycles. The molecule has 1 aliphatic heterocycles. The fourth-order valence-corrected chi connectivity index (χ4v) is 4.93. The summed E-state index contributed by atoms with van der Waals surface area (Å²) in [5.41, 5.74) is 4.28. The lowest BCUT2D eigenvalue weighted by Crippen LogP contribution is -2.69. The number of aromatic nitrogens is 3. The number of carbonyl (C=O) groups excluding carboxylic acids is 4. The van der Waals surface area contributed by atoms with Crippen molar-refractivity contribution in [3.63, 3.8) is 0 Å². The fraction of sp³-hybridized carbons (Fsp3) is 0.667. The van der Waals surface area contributed by atoms with E-state index in [1.165, 1.54) is 16.7 Å². The summed E-state index contributed by atoms with van der Waals surface area (Å²) in [6.07, 6.45) is 4.44. The molecule has 2 fully saturated rings. The second-order valence-electron chi connectivity index (χ2n) is 7.35. The standard InChI is InChI=1S/C18H26N6O4S/c1-2-23-13(7-6-12(19)25)21-22-17(23)29-11-15(27)24-10-14(26)20-16(28)18(24)8-4-3-5-9-18/h2-11H2,1H3,(H2,19,25)(H,20,26,28). The van der Waals surface area contributed by atoms with Crippen LogP contribution in [0.4, 0.5) is 0 Å². The zero-order chi connectivity index (χ0) is 21.0. The average Bonchev–Trinajstić information content (AvgIpc) is 3.10. The van der Waals surface area contributed by atoms with Gasteiger partial charge in [0.1, 0.15) is 17.9 Å². The van der Waals surface area contributed by atoms with Gasteiger partial charge in [0, 0.05) is 19.4 Å².